The van der Waals surface area contributed by atoms with E-state index in [1.165, 1.54) is 0 Å². The highest BCUT2D eigenvalue weighted by Crippen LogP contribution is 2.30. The first-order chi connectivity index (χ1) is 20.0. The van der Waals surface area contributed by atoms with Gasteiger partial charge in [-0.25, -0.2) is 8.42 Å². The van der Waals surface area contributed by atoms with E-state index in [0.29, 0.717) is 23.0 Å². The first-order valence-corrected chi connectivity index (χ1v) is 14.6. The van der Waals surface area contributed by atoms with Crippen molar-refractivity contribution in [3.8, 4) is 45.3 Å². The summed E-state index contributed by atoms with van der Waals surface area (Å²) in [5.41, 5.74) is 4.45. The molecule has 0 unspecified atom stereocenters. The molecule has 0 radical (unpaired) electrons. The summed E-state index contributed by atoms with van der Waals surface area (Å²) in [4.78, 5) is 0.379. The molecule has 6 aromatic rings. The maximum absolute atomic E-state index is 13.2. The molecule has 0 N–H and O–H groups in total. The van der Waals surface area contributed by atoms with Gasteiger partial charge in [-0.2, -0.15) is 0 Å². The van der Waals surface area contributed by atoms with Crippen LogP contribution in [-0.4, -0.2) is 8.42 Å². The molecule has 0 aliphatic heterocycles. The minimum Gasteiger partial charge on any atom is -0.457 e. The van der Waals surface area contributed by atoms with Gasteiger partial charge in [0.2, 0.25) is 9.84 Å². The van der Waals surface area contributed by atoms with Crippen molar-refractivity contribution in [1.82, 2.24) is 0 Å². The Morgan fingerprint density at radius 2 is 0.585 bits per heavy atom. The molecule has 0 aromatic heterocycles. The molecule has 41 heavy (non-hydrogen) atoms. The summed E-state index contributed by atoms with van der Waals surface area (Å²) in [7, 11) is -3.70. The van der Waals surface area contributed by atoms with Gasteiger partial charge in [0.1, 0.15) is 23.0 Å². The van der Waals surface area contributed by atoms with E-state index in [1.807, 2.05) is 84.9 Å². The van der Waals surface area contributed by atoms with Crippen LogP contribution >= 0.6 is 0 Å². The van der Waals surface area contributed by atoms with Crippen molar-refractivity contribution in [2.24, 2.45) is 0 Å². The lowest BCUT2D eigenvalue weighted by Gasteiger charge is -2.10. The van der Waals surface area contributed by atoms with Crippen LogP contribution < -0.4 is 9.47 Å². The Hall–Kier alpha value is -5.13. The summed E-state index contributed by atoms with van der Waals surface area (Å²) < 4.78 is 38.3. The van der Waals surface area contributed by atoms with E-state index >= 15 is 0 Å². The SMILES string of the molecule is O=S(=O)(c1ccc(Oc2ccc(-c3ccccc3)cc2)cc1)c1ccc(Oc2ccc(-c3ccccc3)cc2)cc1. The molecule has 0 aliphatic carbocycles. The number of rotatable bonds is 8. The van der Waals surface area contributed by atoms with Crippen molar-refractivity contribution in [2.75, 3.05) is 0 Å². The van der Waals surface area contributed by atoms with E-state index in [-0.39, 0.29) is 9.79 Å². The van der Waals surface area contributed by atoms with Crippen LogP contribution in [0.4, 0.5) is 0 Å². The molecule has 0 saturated carbocycles. The lowest BCUT2D eigenvalue weighted by Crippen LogP contribution is -2.01. The normalized spacial score (nSPS) is 11.1. The topological polar surface area (TPSA) is 52.6 Å². The molecular formula is C36H26O4S. The van der Waals surface area contributed by atoms with E-state index in [1.54, 1.807) is 48.5 Å². The Balaban J connectivity index is 1.10. The summed E-state index contributed by atoms with van der Waals surface area (Å²) >= 11 is 0. The fraction of sp³-hybridized carbons (Fsp3) is 0. The second kappa shape index (κ2) is 11.5. The predicted molar refractivity (Wildman–Crippen MR) is 162 cm³/mol. The molecule has 4 nitrogen and oxygen atoms in total. The first-order valence-electron chi connectivity index (χ1n) is 13.2. The summed E-state index contributed by atoms with van der Waals surface area (Å²) in [6, 6.07) is 48.7. The van der Waals surface area contributed by atoms with E-state index in [0.717, 1.165) is 22.3 Å². The average Bonchev–Trinajstić information content (AvgIpc) is 3.03. The molecule has 0 spiro atoms. The van der Waals surface area contributed by atoms with Crippen LogP contribution in [0.15, 0.2) is 168 Å². The third-order valence-corrected chi connectivity index (χ3v) is 8.45. The zero-order chi connectivity index (χ0) is 28.1. The van der Waals surface area contributed by atoms with E-state index < -0.39 is 9.84 Å². The molecule has 0 bridgehead atoms. The highest BCUT2D eigenvalue weighted by atomic mass is 32.2. The average molecular weight is 555 g/mol. The first kappa shape index (κ1) is 26.1. The molecule has 0 atom stereocenters. The van der Waals surface area contributed by atoms with Gasteiger partial charge >= 0.3 is 0 Å². The lowest BCUT2D eigenvalue weighted by molar-refractivity contribution is 0.482. The standard InChI is InChI=1S/C36H26O4S/c37-41(38,35-23-19-33(20-24-35)39-31-15-11-29(12-16-31)27-7-3-1-4-8-27)36-25-21-34(22-26-36)40-32-17-13-30(14-18-32)28-9-5-2-6-10-28/h1-26H. The molecule has 6 aromatic carbocycles. The number of sulfone groups is 1. The van der Waals surface area contributed by atoms with Crippen molar-refractivity contribution in [3.05, 3.63) is 158 Å². The highest BCUT2D eigenvalue weighted by molar-refractivity contribution is 7.91. The molecule has 0 aliphatic rings. The van der Waals surface area contributed by atoms with Gasteiger partial charge in [0.05, 0.1) is 9.79 Å². The van der Waals surface area contributed by atoms with Crippen LogP contribution in [0.2, 0.25) is 0 Å². The van der Waals surface area contributed by atoms with Crippen molar-refractivity contribution in [3.63, 3.8) is 0 Å². The minimum atomic E-state index is -3.70. The third-order valence-electron chi connectivity index (χ3n) is 6.66. The van der Waals surface area contributed by atoms with Crippen molar-refractivity contribution in [1.29, 1.82) is 0 Å². The fourth-order valence-electron chi connectivity index (χ4n) is 4.47. The highest BCUT2D eigenvalue weighted by Gasteiger charge is 2.18. The number of hydrogen-bond acceptors (Lipinski definition) is 4. The van der Waals surface area contributed by atoms with Gasteiger partial charge in [0, 0.05) is 0 Å². The summed E-state index contributed by atoms with van der Waals surface area (Å²) in [6.45, 7) is 0. The fourth-order valence-corrected chi connectivity index (χ4v) is 5.73. The minimum absolute atomic E-state index is 0.189. The van der Waals surface area contributed by atoms with E-state index in [4.69, 9.17) is 9.47 Å². The van der Waals surface area contributed by atoms with Crippen LogP contribution in [0.1, 0.15) is 0 Å². The Morgan fingerprint density at radius 3 is 0.902 bits per heavy atom. The molecule has 0 fully saturated rings. The van der Waals surface area contributed by atoms with Crippen molar-refractivity contribution in [2.45, 2.75) is 9.79 Å². The molecule has 200 valence electrons. The Kier molecular flexibility index (Phi) is 7.35. The molecular weight excluding hydrogens is 528 g/mol. The number of ether oxygens (including phenoxy) is 2. The number of hydrogen-bond donors (Lipinski definition) is 0. The van der Waals surface area contributed by atoms with Gasteiger partial charge in [-0.3, -0.25) is 0 Å². The Labute approximate surface area is 240 Å². The van der Waals surface area contributed by atoms with Gasteiger partial charge in [-0.1, -0.05) is 84.9 Å². The largest absolute Gasteiger partial charge is 0.457 e. The van der Waals surface area contributed by atoms with E-state index in [2.05, 4.69) is 24.3 Å². The van der Waals surface area contributed by atoms with Crippen molar-refractivity contribution < 1.29 is 17.9 Å². The Bertz CT molecular complexity index is 1700. The van der Waals surface area contributed by atoms with E-state index in [9.17, 15) is 8.42 Å². The molecule has 0 amide bonds. The predicted octanol–water partition coefficient (Wildman–Crippen LogP) is 9.44. The second-order valence-electron chi connectivity index (χ2n) is 9.43. The summed E-state index contributed by atoms with van der Waals surface area (Å²) in [5.74, 6) is 2.45. The van der Waals surface area contributed by atoms with Crippen LogP contribution in [0.3, 0.4) is 0 Å². The lowest BCUT2D eigenvalue weighted by atomic mass is 10.1. The van der Waals surface area contributed by atoms with Gasteiger partial charge in [-0.05, 0) is 95.1 Å². The summed E-state index contributed by atoms with van der Waals surface area (Å²) in [5, 5.41) is 0. The number of benzene rings is 6. The maximum Gasteiger partial charge on any atom is 0.206 e. The van der Waals surface area contributed by atoms with Gasteiger partial charge in [0.15, 0.2) is 0 Å². The smallest absolute Gasteiger partial charge is 0.206 e. The van der Waals surface area contributed by atoms with Crippen LogP contribution in [0.25, 0.3) is 22.3 Å². The molecule has 0 heterocycles. The van der Waals surface area contributed by atoms with Gasteiger partial charge < -0.3 is 9.47 Å². The van der Waals surface area contributed by atoms with Gasteiger partial charge in [0.25, 0.3) is 0 Å². The van der Waals surface area contributed by atoms with Crippen LogP contribution in [0, 0.1) is 0 Å². The monoisotopic (exact) mass is 554 g/mol. The van der Waals surface area contributed by atoms with Crippen LogP contribution in [-0.2, 0) is 9.84 Å². The summed E-state index contributed by atoms with van der Waals surface area (Å²) in [6.07, 6.45) is 0. The second-order valence-corrected chi connectivity index (χ2v) is 11.4. The van der Waals surface area contributed by atoms with Crippen LogP contribution in [0.5, 0.6) is 23.0 Å². The Morgan fingerprint density at radius 1 is 0.317 bits per heavy atom. The zero-order valence-electron chi connectivity index (χ0n) is 22.1. The zero-order valence-corrected chi connectivity index (χ0v) is 22.9. The molecule has 0 saturated heterocycles. The quantitative estimate of drug-likeness (QED) is 0.188. The van der Waals surface area contributed by atoms with Crippen molar-refractivity contribution >= 4 is 9.84 Å². The third kappa shape index (κ3) is 6.06. The molecule has 5 heteroatoms. The maximum atomic E-state index is 13.2. The van der Waals surface area contributed by atoms with Gasteiger partial charge in [-0.15, -0.1) is 0 Å². The molecule has 6 rings (SSSR count).